The average molecular weight is 468 g/mol. The topological polar surface area (TPSA) is 75.7 Å². The minimum Gasteiger partial charge on any atom is -0.379 e. The van der Waals surface area contributed by atoms with Crippen molar-refractivity contribution in [3.63, 3.8) is 0 Å². The van der Waals surface area contributed by atoms with Crippen molar-refractivity contribution < 1.29 is 22.3 Å². The monoisotopic (exact) mass is 466 g/mol. The fourth-order valence-electron chi connectivity index (χ4n) is 2.61. The number of anilines is 1. The molecule has 0 atom stereocenters. The number of nitrogens with zero attached hydrogens (tertiary/aromatic N) is 1. The zero-order valence-corrected chi connectivity index (χ0v) is 17.3. The van der Waals surface area contributed by atoms with Gasteiger partial charge in [-0.2, -0.15) is 4.31 Å². The largest absolute Gasteiger partial charge is 0.379 e. The first-order valence-electron chi connectivity index (χ1n) is 8.03. The molecule has 0 unspecified atom stereocenters. The van der Waals surface area contributed by atoms with Crippen LogP contribution in [0.1, 0.15) is 10.4 Å². The van der Waals surface area contributed by atoms with Gasteiger partial charge in [-0.3, -0.25) is 4.79 Å². The summed E-state index contributed by atoms with van der Waals surface area (Å²) in [5.41, 5.74) is 0.0370. The summed E-state index contributed by atoms with van der Waals surface area (Å²) < 4.78 is 45.3. The summed E-state index contributed by atoms with van der Waals surface area (Å²) in [5, 5.41) is 2.32. The van der Waals surface area contributed by atoms with Crippen LogP contribution in [-0.2, 0) is 14.8 Å². The van der Waals surface area contributed by atoms with Crippen molar-refractivity contribution >= 4 is 56.4 Å². The smallest absolute Gasteiger partial charge is 0.257 e. The molecule has 1 aliphatic rings. The highest BCUT2D eigenvalue weighted by molar-refractivity contribution is 7.89. The Labute approximate surface area is 176 Å². The molecule has 3 rings (SSSR count). The van der Waals surface area contributed by atoms with Gasteiger partial charge in [0.2, 0.25) is 10.0 Å². The molecule has 11 heteroatoms. The van der Waals surface area contributed by atoms with Crippen molar-refractivity contribution in [2.24, 2.45) is 0 Å². The standard InChI is InChI=1S/C17H14Cl3FN2O4S/c18-12-9-14(20)16(28(25,26)23-3-5-27-6-4-23)8-11(12)17(24)22-15-2-1-10(21)7-13(15)19/h1-2,7-9H,3-6H2,(H,22,24). The van der Waals surface area contributed by atoms with Gasteiger partial charge in [0.05, 0.1) is 39.5 Å². The number of benzene rings is 2. The molecule has 6 nitrogen and oxygen atoms in total. The summed E-state index contributed by atoms with van der Waals surface area (Å²) in [6.07, 6.45) is 0. The first kappa shape index (κ1) is 21.3. The Hall–Kier alpha value is -1.42. The van der Waals surface area contributed by atoms with Crippen LogP contribution in [0, 0.1) is 5.82 Å². The number of halogens is 4. The van der Waals surface area contributed by atoms with E-state index in [0.29, 0.717) is 0 Å². The molecule has 1 saturated heterocycles. The van der Waals surface area contributed by atoms with E-state index < -0.39 is 21.7 Å². The molecule has 0 aromatic heterocycles. The molecule has 0 saturated carbocycles. The second kappa shape index (κ2) is 8.52. The predicted molar refractivity (Wildman–Crippen MR) is 105 cm³/mol. The Morgan fingerprint density at radius 3 is 2.36 bits per heavy atom. The Morgan fingerprint density at radius 2 is 1.71 bits per heavy atom. The molecule has 0 bridgehead atoms. The van der Waals surface area contributed by atoms with Crippen molar-refractivity contribution in [2.45, 2.75) is 4.90 Å². The number of morpholine rings is 1. The van der Waals surface area contributed by atoms with Crippen molar-refractivity contribution in [1.29, 1.82) is 0 Å². The zero-order chi connectivity index (χ0) is 20.5. The van der Waals surface area contributed by atoms with Crippen LogP contribution >= 0.6 is 34.8 Å². The molecule has 1 amide bonds. The molecule has 1 aliphatic heterocycles. The van der Waals surface area contributed by atoms with Gasteiger partial charge >= 0.3 is 0 Å². The highest BCUT2D eigenvalue weighted by Gasteiger charge is 2.30. The Bertz CT molecular complexity index is 1030. The number of rotatable bonds is 4. The summed E-state index contributed by atoms with van der Waals surface area (Å²) in [6, 6.07) is 5.75. The van der Waals surface area contributed by atoms with E-state index >= 15 is 0 Å². The van der Waals surface area contributed by atoms with Crippen LogP contribution in [-0.4, -0.2) is 44.9 Å². The quantitative estimate of drug-likeness (QED) is 0.736. The fourth-order valence-corrected chi connectivity index (χ4v) is 5.06. The van der Waals surface area contributed by atoms with Gasteiger partial charge in [-0.1, -0.05) is 34.8 Å². The summed E-state index contributed by atoms with van der Waals surface area (Å²) >= 11 is 18.1. The molecule has 1 heterocycles. The second-order valence-corrected chi connectivity index (χ2v) is 8.99. The van der Waals surface area contributed by atoms with Crippen LogP contribution < -0.4 is 5.32 Å². The number of ether oxygens (including phenoxy) is 1. The van der Waals surface area contributed by atoms with Crippen molar-refractivity contribution in [1.82, 2.24) is 4.31 Å². The first-order valence-corrected chi connectivity index (χ1v) is 10.6. The van der Waals surface area contributed by atoms with Crippen LogP contribution in [0.4, 0.5) is 10.1 Å². The van der Waals surface area contributed by atoms with Crippen LogP contribution in [0.15, 0.2) is 35.2 Å². The van der Waals surface area contributed by atoms with Crippen LogP contribution in [0.25, 0.3) is 0 Å². The van der Waals surface area contributed by atoms with Crippen LogP contribution in [0.2, 0.25) is 15.1 Å². The predicted octanol–water partition coefficient (Wildman–Crippen LogP) is 4.06. The number of hydrogen-bond acceptors (Lipinski definition) is 4. The maximum absolute atomic E-state index is 13.2. The van der Waals surface area contributed by atoms with E-state index in [9.17, 15) is 17.6 Å². The molecule has 0 radical (unpaired) electrons. The fraction of sp³-hybridized carbons (Fsp3) is 0.235. The van der Waals surface area contributed by atoms with E-state index in [2.05, 4.69) is 5.32 Å². The number of sulfonamides is 1. The number of carbonyl (C=O) groups excluding carboxylic acids is 1. The third kappa shape index (κ3) is 4.42. The van der Waals surface area contributed by atoms with Gasteiger partial charge in [0, 0.05) is 13.1 Å². The first-order chi connectivity index (χ1) is 13.2. The number of nitrogens with one attached hydrogen (secondary N) is 1. The third-order valence-corrected chi connectivity index (χ3v) is 7.02. The van der Waals surface area contributed by atoms with Gasteiger partial charge in [-0.05, 0) is 30.3 Å². The van der Waals surface area contributed by atoms with Crippen molar-refractivity contribution in [2.75, 3.05) is 31.6 Å². The van der Waals surface area contributed by atoms with E-state index in [0.717, 1.165) is 18.2 Å². The van der Waals surface area contributed by atoms with E-state index in [4.69, 9.17) is 39.5 Å². The lowest BCUT2D eigenvalue weighted by atomic mass is 10.2. The Balaban J connectivity index is 1.95. The summed E-state index contributed by atoms with van der Waals surface area (Å²) in [7, 11) is -3.95. The Kier molecular flexibility index (Phi) is 6.48. The minimum atomic E-state index is -3.95. The highest BCUT2D eigenvalue weighted by atomic mass is 35.5. The van der Waals surface area contributed by atoms with Gasteiger partial charge in [0.1, 0.15) is 10.7 Å². The third-order valence-electron chi connectivity index (χ3n) is 4.03. The molecule has 2 aromatic rings. The average Bonchev–Trinajstić information content (AvgIpc) is 2.64. The van der Waals surface area contributed by atoms with Gasteiger partial charge < -0.3 is 10.1 Å². The number of hydrogen-bond donors (Lipinski definition) is 1. The van der Waals surface area contributed by atoms with E-state index in [1.54, 1.807) is 0 Å². The molecule has 2 aromatic carbocycles. The van der Waals surface area contributed by atoms with Gasteiger partial charge in [-0.25, -0.2) is 12.8 Å². The van der Waals surface area contributed by atoms with Gasteiger partial charge in [-0.15, -0.1) is 0 Å². The SMILES string of the molecule is O=C(Nc1ccc(F)cc1Cl)c1cc(S(=O)(=O)N2CCOCC2)c(Cl)cc1Cl. The molecule has 0 spiro atoms. The van der Waals surface area contributed by atoms with Crippen LogP contribution in [0.3, 0.4) is 0 Å². The van der Waals surface area contributed by atoms with Gasteiger partial charge in [0.25, 0.3) is 5.91 Å². The number of amides is 1. The van der Waals surface area contributed by atoms with Crippen LogP contribution in [0.5, 0.6) is 0 Å². The lowest BCUT2D eigenvalue weighted by Crippen LogP contribution is -2.40. The van der Waals surface area contributed by atoms with Gasteiger partial charge in [0.15, 0.2) is 0 Å². The molecule has 28 heavy (non-hydrogen) atoms. The normalized spacial score (nSPS) is 15.4. The van der Waals surface area contributed by atoms with E-state index in [-0.39, 0.29) is 57.5 Å². The summed E-state index contributed by atoms with van der Waals surface area (Å²) in [4.78, 5) is 12.4. The minimum absolute atomic E-state index is 0.0143. The molecule has 1 N–H and O–H groups in total. The van der Waals surface area contributed by atoms with Crippen molar-refractivity contribution in [3.05, 3.63) is 56.8 Å². The lowest BCUT2D eigenvalue weighted by Gasteiger charge is -2.26. The molecule has 150 valence electrons. The zero-order valence-electron chi connectivity index (χ0n) is 14.2. The number of carbonyl (C=O) groups is 1. The summed E-state index contributed by atoms with van der Waals surface area (Å²) in [6.45, 7) is 0.879. The highest BCUT2D eigenvalue weighted by Crippen LogP contribution is 2.32. The molecular formula is C17H14Cl3FN2O4S. The van der Waals surface area contributed by atoms with E-state index in [1.807, 2.05) is 0 Å². The maximum Gasteiger partial charge on any atom is 0.257 e. The molecule has 0 aliphatic carbocycles. The lowest BCUT2D eigenvalue weighted by molar-refractivity contribution is 0.0730. The summed E-state index contributed by atoms with van der Waals surface area (Å²) in [5.74, 6) is -1.28. The van der Waals surface area contributed by atoms with E-state index in [1.165, 1.54) is 16.4 Å². The Morgan fingerprint density at radius 1 is 1.04 bits per heavy atom. The molecule has 1 fully saturated rings. The maximum atomic E-state index is 13.2. The molecular weight excluding hydrogens is 454 g/mol. The second-order valence-electron chi connectivity index (χ2n) is 5.86. The van der Waals surface area contributed by atoms with Crippen molar-refractivity contribution in [3.8, 4) is 0 Å².